The molecule has 0 aromatic heterocycles. The minimum absolute atomic E-state index is 0.226. The van der Waals surface area contributed by atoms with Crippen molar-refractivity contribution in [3.8, 4) is 5.75 Å². The predicted molar refractivity (Wildman–Crippen MR) is 76.4 cm³/mol. The third-order valence-corrected chi connectivity index (χ3v) is 3.59. The molecule has 2 rings (SSSR count). The highest BCUT2D eigenvalue weighted by atomic mass is 16.5. The van der Waals surface area contributed by atoms with Crippen LogP contribution in [0.3, 0.4) is 0 Å². The first-order chi connectivity index (χ1) is 9.13. The minimum atomic E-state index is 0.226. The van der Waals surface area contributed by atoms with Gasteiger partial charge in [0.25, 0.3) is 0 Å². The summed E-state index contributed by atoms with van der Waals surface area (Å²) in [5.41, 5.74) is 7.21. The molecule has 4 heteroatoms. The molecule has 106 valence electrons. The van der Waals surface area contributed by atoms with Gasteiger partial charge >= 0.3 is 0 Å². The Morgan fingerprint density at radius 3 is 2.63 bits per heavy atom. The predicted octanol–water partition coefficient (Wildman–Crippen LogP) is 1.80. The Bertz CT molecular complexity index is 401. The van der Waals surface area contributed by atoms with Crippen molar-refractivity contribution in [1.29, 1.82) is 0 Å². The van der Waals surface area contributed by atoms with Crippen molar-refractivity contribution >= 4 is 0 Å². The second-order valence-electron chi connectivity index (χ2n) is 5.24. The normalized spacial score (nSPS) is 26.1. The number of rotatable bonds is 4. The van der Waals surface area contributed by atoms with Gasteiger partial charge in [0.1, 0.15) is 5.75 Å². The van der Waals surface area contributed by atoms with Crippen LogP contribution in [0.5, 0.6) is 5.75 Å². The maximum atomic E-state index is 5.99. The molecule has 1 aliphatic heterocycles. The van der Waals surface area contributed by atoms with Crippen molar-refractivity contribution in [3.63, 3.8) is 0 Å². The zero-order chi connectivity index (χ0) is 13.8. The first-order valence-electron chi connectivity index (χ1n) is 6.87. The topological polar surface area (TPSA) is 47.7 Å². The van der Waals surface area contributed by atoms with Gasteiger partial charge in [-0.05, 0) is 31.5 Å². The molecule has 0 amide bonds. The Morgan fingerprint density at radius 2 is 2.05 bits per heavy atom. The Morgan fingerprint density at radius 1 is 1.37 bits per heavy atom. The molecule has 1 fully saturated rings. The Labute approximate surface area is 115 Å². The van der Waals surface area contributed by atoms with E-state index >= 15 is 0 Å². The maximum Gasteiger partial charge on any atom is 0.119 e. The van der Waals surface area contributed by atoms with Crippen LogP contribution in [0.4, 0.5) is 0 Å². The average Bonchev–Trinajstić information content (AvgIpc) is 2.39. The molecular weight excluding hydrogens is 240 g/mol. The number of morpholine rings is 1. The fraction of sp³-hybridized carbons (Fsp3) is 0.600. The van der Waals surface area contributed by atoms with E-state index in [2.05, 4.69) is 30.9 Å². The number of methoxy groups -OCH3 is 1. The monoisotopic (exact) mass is 264 g/mol. The molecule has 1 aromatic carbocycles. The fourth-order valence-electron chi connectivity index (χ4n) is 2.82. The van der Waals surface area contributed by atoms with Crippen molar-refractivity contribution in [3.05, 3.63) is 29.8 Å². The molecule has 0 saturated carbocycles. The molecule has 4 nitrogen and oxygen atoms in total. The van der Waals surface area contributed by atoms with E-state index < -0.39 is 0 Å². The standard InChI is InChI=1S/C15H24N2O2/c1-11-9-17(10-12(2)19-11)15(8-16)13-5-4-6-14(7-13)18-3/h4-7,11-12,15H,8-10,16H2,1-3H3/t11-,12+,15-/m0/s1. The zero-order valence-corrected chi connectivity index (χ0v) is 12.0. The summed E-state index contributed by atoms with van der Waals surface area (Å²) in [6.45, 7) is 6.67. The number of hydrogen-bond acceptors (Lipinski definition) is 4. The molecule has 0 unspecified atom stereocenters. The molecular formula is C15H24N2O2. The van der Waals surface area contributed by atoms with Gasteiger partial charge in [-0.25, -0.2) is 0 Å². The van der Waals surface area contributed by atoms with Crippen molar-refractivity contribution in [1.82, 2.24) is 4.90 Å². The lowest BCUT2D eigenvalue weighted by Gasteiger charge is -2.40. The number of benzene rings is 1. The molecule has 1 saturated heterocycles. The molecule has 19 heavy (non-hydrogen) atoms. The van der Waals surface area contributed by atoms with Gasteiger partial charge in [-0.1, -0.05) is 12.1 Å². The van der Waals surface area contributed by atoms with Crippen LogP contribution in [0.15, 0.2) is 24.3 Å². The van der Waals surface area contributed by atoms with Gasteiger partial charge < -0.3 is 15.2 Å². The van der Waals surface area contributed by atoms with Crippen LogP contribution >= 0.6 is 0 Å². The van der Waals surface area contributed by atoms with Crippen LogP contribution in [0.25, 0.3) is 0 Å². The van der Waals surface area contributed by atoms with Crippen molar-refractivity contribution in [2.24, 2.45) is 5.73 Å². The van der Waals surface area contributed by atoms with E-state index in [1.807, 2.05) is 12.1 Å². The lowest BCUT2D eigenvalue weighted by molar-refractivity contribution is -0.0799. The molecule has 0 radical (unpaired) electrons. The summed E-state index contributed by atoms with van der Waals surface area (Å²) in [6, 6.07) is 8.39. The van der Waals surface area contributed by atoms with Gasteiger partial charge in [-0.15, -0.1) is 0 Å². The van der Waals surface area contributed by atoms with E-state index in [1.54, 1.807) is 7.11 Å². The lowest BCUT2D eigenvalue weighted by atomic mass is 10.0. The summed E-state index contributed by atoms with van der Waals surface area (Å²) in [7, 11) is 1.69. The second kappa shape index (κ2) is 6.37. The number of ether oxygens (including phenoxy) is 2. The van der Waals surface area contributed by atoms with Crippen molar-refractivity contribution in [2.75, 3.05) is 26.7 Å². The molecule has 2 N–H and O–H groups in total. The second-order valence-corrected chi connectivity index (χ2v) is 5.24. The van der Waals surface area contributed by atoms with Crippen LogP contribution in [0.2, 0.25) is 0 Å². The lowest BCUT2D eigenvalue weighted by Crippen LogP contribution is -2.48. The summed E-state index contributed by atoms with van der Waals surface area (Å²) >= 11 is 0. The number of nitrogens with zero attached hydrogens (tertiary/aromatic N) is 1. The van der Waals surface area contributed by atoms with E-state index in [9.17, 15) is 0 Å². The maximum absolute atomic E-state index is 5.99. The quantitative estimate of drug-likeness (QED) is 0.901. The van der Waals surface area contributed by atoms with Gasteiger partial charge in [-0.3, -0.25) is 4.90 Å². The Kier molecular flexibility index (Phi) is 4.80. The van der Waals surface area contributed by atoms with Gasteiger partial charge in [0.2, 0.25) is 0 Å². The van der Waals surface area contributed by atoms with Gasteiger partial charge in [0, 0.05) is 25.7 Å². The molecule has 0 spiro atoms. The van der Waals surface area contributed by atoms with Crippen LogP contribution < -0.4 is 10.5 Å². The summed E-state index contributed by atoms with van der Waals surface area (Å²) in [5, 5.41) is 0. The van der Waals surface area contributed by atoms with Crippen molar-refractivity contribution < 1.29 is 9.47 Å². The average molecular weight is 264 g/mol. The summed E-state index contributed by atoms with van der Waals surface area (Å²) < 4.78 is 11.1. The van der Waals surface area contributed by atoms with E-state index in [0.717, 1.165) is 18.8 Å². The highest BCUT2D eigenvalue weighted by Crippen LogP contribution is 2.26. The van der Waals surface area contributed by atoms with Gasteiger partial charge in [-0.2, -0.15) is 0 Å². The Balaban J connectivity index is 2.18. The summed E-state index contributed by atoms with van der Waals surface area (Å²) in [4.78, 5) is 2.41. The smallest absolute Gasteiger partial charge is 0.119 e. The first-order valence-corrected chi connectivity index (χ1v) is 6.87. The van der Waals surface area contributed by atoms with Crippen LogP contribution in [0.1, 0.15) is 25.5 Å². The van der Waals surface area contributed by atoms with E-state index in [1.165, 1.54) is 5.56 Å². The highest BCUT2D eigenvalue weighted by Gasteiger charge is 2.28. The SMILES string of the molecule is COc1cccc([C@H](CN)N2C[C@@H](C)O[C@@H](C)C2)c1. The minimum Gasteiger partial charge on any atom is -0.497 e. The van der Waals surface area contributed by atoms with Crippen LogP contribution in [-0.4, -0.2) is 43.9 Å². The fourth-order valence-corrected chi connectivity index (χ4v) is 2.82. The third kappa shape index (κ3) is 3.47. The molecule has 1 aromatic rings. The van der Waals surface area contributed by atoms with E-state index in [-0.39, 0.29) is 18.2 Å². The van der Waals surface area contributed by atoms with Crippen molar-refractivity contribution in [2.45, 2.75) is 32.1 Å². The van der Waals surface area contributed by atoms with E-state index in [0.29, 0.717) is 6.54 Å². The molecule has 0 aliphatic carbocycles. The highest BCUT2D eigenvalue weighted by molar-refractivity contribution is 5.30. The third-order valence-electron chi connectivity index (χ3n) is 3.59. The molecule has 3 atom stereocenters. The van der Waals surface area contributed by atoms with E-state index in [4.69, 9.17) is 15.2 Å². The summed E-state index contributed by atoms with van der Waals surface area (Å²) in [5.74, 6) is 0.880. The Hall–Kier alpha value is -1.10. The number of hydrogen-bond donors (Lipinski definition) is 1. The zero-order valence-electron chi connectivity index (χ0n) is 12.0. The molecule has 0 bridgehead atoms. The summed E-state index contributed by atoms with van der Waals surface area (Å²) in [6.07, 6.45) is 0.506. The largest absolute Gasteiger partial charge is 0.497 e. The van der Waals surface area contributed by atoms with Gasteiger partial charge in [0.15, 0.2) is 0 Å². The van der Waals surface area contributed by atoms with Crippen LogP contribution in [0, 0.1) is 0 Å². The first kappa shape index (κ1) is 14.3. The molecule has 1 heterocycles. The van der Waals surface area contributed by atoms with Gasteiger partial charge in [0.05, 0.1) is 19.3 Å². The molecule has 1 aliphatic rings. The number of nitrogens with two attached hydrogens (primary N) is 1. The van der Waals surface area contributed by atoms with Crippen LogP contribution in [-0.2, 0) is 4.74 Å².